The lowest BCUT2D eigenvalue weighted by Gasteiger charge is -2.26. The van der Waals surface area contributed by atoms with Crippen LogP contribution in [-0.2, 0) is 0 Å². The predicted molar refractivity (Wildman–Crippen MR) is 231 cm³/mol. The maximum Gasteiger partial charge on any atom is 0.143 e. The van der Waals surface area contributed by atoms with Crippen molar-refractivity contribution >= 4 is 92.1 Å². The van der Waals surface area contributed by atoms with Crippen LogP contribution in [0.15, 0.2) is 186 Å². The first kappa shape index (κ1) is 31.0. The Labute approximate surface area is 319 Å². The Hall–Kier alpha value is -6.53. The van der Waals surface area contributed by atoms with Gasteiger partial charge in [0.1, 0.15) is 16.2 Å². The van der Waals surface area contributed by atoms with Gasteiger partial charge < -0.3 is 9.32 Å². The number of thiazole rings is 1. The molecule has 0 aliphatic heterocycles. The maximum absolute atomic E-state index is 6.36. The molecule has 0 aliphatic rings. The van der Waals surface area contributed by atoms with Crippen LogP contribution in [-0.4, -0.2) is 4.98 Å². The fourth-order valence-corrected chi connectivity index (χ4v) is 9.86. The monoisotopic (exact) mass is 726 g/mol. The number of aromatic nitrogens is 1. The van der Waals surface area contributed by atoms with Gasteiger partial charge in [-0.15, -0.1) is 22.7 Å². The van der Waals surface area contributed by atoms with E-state index in [0.29, 0.717) is 0 Å². The third-order valence-electron chi connectivity index (χ3n) is 10.3. The molecule has 5 heteroatoms. The molecule has 0 radical (unpaired) electrons. The van der Waals surface area contributed by atoms with Gasteiger partial charge in [-0.3, -0.25) is 0 Å². The summed E-state index contributed by atoms with van der Waals surface area (Å²) in [6, 6.07) is 64.8. The molecule has 11 aromatic rings. The number of hydrogen-bond donors (Lipinski definition) is 0. The lowest BCUT2D eigenvalue weighted by Crippen LogP contribution is -2.09. The molecule has 254 valence electrons. The molecule has 0 fully saturated rings. The lowest BCUT2D eigenvalue weighted by atomic mass is 10.0. The lowest BCUT2D eigenvalue weighted by molar-refractivity contribution is 0.670. The number of hydrogen-bond acceptors (Lipinski definition) is 5. The SMILES string of the molecule is c1ccc(-c2nc3c(ccc4sc5cc(-c6ccc(N(c7ccccc7)c7ccc(-c8cccc9c8oc8ccccc89)cc7)cc6)ccc5c43)s2)cc1. The summed E-state index contributed by atoms with van der Waals surface area (Å²) < 4.78 is 10.1. The summed E-state index contributed by atoms with van der Waals surface area (Å²) >= 11 is 3.61. The molecular formula is C49H30N2OS2. The van der Waals surface area contributed by atoms with Crippen molar-refractivity contribution in [1.29, 1.82) is 0 Å². The van der Waals surface area contributed by atoms with E-state index in [4.69, 9.17) is 9.40 Å². The quantitative estimate of drug-likeness (QED) is 0.171. The van der Waals surface area contributed by atoms with Crippen LogP contribution in [0.3, 0.4) is 0 Å². The number of thiophene rings is 1. The standard InChI is InChI=1S/C49H30N2OS2/c1-3-10-33(11-4-1)49-50-47-44(54-49)29-28-43-46(47)41-27-22-34(30-45(41)53-43)31-18-23-36(24-19-31)51(35-12-5-2-6-13-35)37-25-20-32(21-26-37)38-15-9-16-40-39-14-7-8-17-42(39)52-48(38)40/h1-30H. The molecule has 3 heterocycles. The molecule has 0 unspecified atom stereocenters. The zero-order valence-corrected chi connectivity index (χ0v) is 30.6. The topological polar surface area (TPSA) is 29.3 Å². The van der Waals surface area contributed by atoms with E-state index in [1.807, 2.05) is 23.5 Å². The highest BCUT2D eigenvalue weighted by atomic mass is 32.1. The molecular weight excluding hydrogens is 697 g/mol. The van der Waals surface area contributed by atoms with Crippen molar-refractivity contribution in [2.75, 3.05) is 4.90 Å². The van der Waals surface area contributed by atoms with E-state index in [1.54, 1.807) is 11.3 Å². The number of anilines is 3. The normalized spacial score (nSPS) is 11.7. The summed E-state index contributed by atoms with van der Waals surface area (Å²) in [4.78, 5) is 7.46. The zero-order chi connectivity index (χ0) is 35.6. The molecule has 0 amide bonds. The van der Waals surface area contributed by atoms with Crippen LogP contribution < -0.4 is 4.90 Å². The molecule has 11 rings (SSSR count). The minimum absolute atomic E-state index is 0.911. The average Bonchev–Trinajstić information content (AvgIpc) is 3.95. The van der Waals surface area contributed by atoms with Gasteiger partial charge in [0.05, 0.1) is 10.2 Å². The van der Waals surface area contributed by atoms with Gasteiger partial charge in [-0.25, -0.2) is 4.98 Å². The zero-order valence-electron chi connectivity index (χ0n) is 28.9. The Bertz CT molecular complexity index is 3140. The molecule has 0 aliphatic carbocycles. The third kappa shape index (κ3) is 5.12. The van der Waals surface area contributed by atoms with Gasteiger partial charge in [0, 0.05) is 59.1 Å². The van der Waals surface area contributed by atoms with E-state index in [9.17, 15) is 0 Å². The van der Waals surface area contributed by atoms with Crippen LogP contribution in [0.5, 0.6) is 0 Å². The largest absolute Gasteiger partial charge is 0.455 e. The third-order valence-corrected chi connectivity index (χ3v) is 12.5. The molecule has 0 saturated carbocycles. The van der Waals surface area contributed by atoms with E-state index in [0.717, 1.165) is 66.2 Å². The first-order valence-electron chi connectivity index (χ1n) is 18.0. The number of nitrogens with zero attached hydrogens (tertiary/aromatic N) is 2. The average molecular weight is 727 g/mol. The number of para-hydroxylation sites is 3. The molecule has 0 bridgehead atoms. The van der Waals surface area contributed by atoms with Gasteiger partial charge in [-0.1, -0.05) is 121 Å². The Kier molecular flexibility index (Phi) is 7.22. The Balaban J connectivity index is 0.937. The second-order valence-corrected chi connectivity index (χ2v) is 15.6. The van der Waals surface area contributed by atoms with Gasteiger partial charge in [-0.2, -0.15) is 0 Å². The molecule has 0 N–H and O–H groups in total. The molecule has 54 heavy (non-hydrogen) atoms. The van der Waals surface area contributed by atoms with Gasteiger partial charge >= 0.3 is 0 Å². The minimum atomic E-state index is 0.911. The van der Waals surface area contributed by atoms with Crippen LogP contribution in [0.1, 0.15) is 0 Å². The van der Waals surface area contributed by atoms with Crippen molar-refractivity contribution in [3.8, 4) is 32.8 Å². The van der Waals surface area contributed by atoms with Gasteiger partial charge in [-0.05, 0) is 77.4 Å². The second kappa shape index (κ2) is 12.6. The fourth-order valence-electron chi connectivity index (χ4n) is 7.73. The number of rotatable bonds is 6. The van der Waals surface area contributed by atoms with Crippen LogP contribution >= 0.6 is 22.7 Å². The van der Waals surface area contributed by atoms with Crippen molar-refractivity contribution in [2.45, 2.75) is 0 Å². The van der Waals surface area contributed by atoms with Crippen molar-refractivity contribution in [2.24, 2.45) is 0 Å². The molecule has 8 aromatic carbocycles. The number of fused-ring (bicyclic) bond motifs is 8. The smallest absolute Gasteiger partial charge is 0.143 e. The summed E-state index contributed by atoms with van der Waals surface area (Å²) in [6.45, 7) is 0. The number of benzene rings is 8. The molecule has 3 aromatic heterocycles. The van der Waals surface area contributed by atoms with Crippen molar-refractivity contribution < 1.29 is 4.42 Å². The summed E-state index contributed by atoms with van der Waals surface area (Å²) in [5, 5.41) is 5.87. The second-order valence-electron chi connectivity index (χ2n) is 13.5. The molecule has 0 atom stereocenters. The summed E-state index contributed by atoms with van der Waals surface area (Å²) in [5.41, 5.74) is 12.0. The van der Waals surface area contributed by atoms with Crippen LogP contribution in [0.25, 0.3) is 85.2 Å². The molecule has 0 saturated heterocycles. The Morgan fingerprint density at radius 2 is 1.07 bits per heavy atom. The molecule has 3 nitrogen and oxygen atoms in total. The summed E-state index contributed by atoms with van der Waals surface area (Å²) in [5.74, 6) is 0. The van der Waals surface area contributed by atoms with Crippen molar-refractivity contribution in [1.82, 2.24) is 4.98 Å². The van der Waals surface area contributed by atoms with Crippen LogP contribution in [0, 0.1) is 0 Å². The summed E-state index contributed by atoms with van der Waals surface area (Å²) in [7, 11) is 0. The molecule has 0 spiro atoms. The van der Waals surface area contributed by atoms with E-state index in [1.165, 1.54) is 36.0 Å². The van der Waals surface area contributed by atoms with Gasteiger partial charge in [0.2, 0.25) is 0 Å². The van der Waals surface area contributed by atoms with E-state index < -0.39 is 0 Å². The highest BCUT2D eigenvalue weighted by molar-refractivity contribution is 7.26. The minimum Gasteiger partial charge on any atom is -0.455 e. The van der Waals surface area contributed by atoms with E-state index >= 15 is 0 Å². The van der Waals surface area contributed by atoms with Gasteiger partial charge in [0.25, 0.3) is 0 Å². The summed E-state index contributed by atoms with van der Waals surface area (Å²) in [6.07, 6.45) is 0. The fraction of sp³-hybridized carbons (Fsp3) is 0. The van der Waals surface area contributed by atoms with Crippen molar-refractivity contribution in [3.05, 3.63) is 182 Å². The first-order valence-corrected chi connectivity index (χ1v) is 19.7. The predicted octanol–water partition coefficient (Wildman–Crippen LogP) is 15.0. The van der Waals surface area contributed by atoms with Crippen molar-refractivity contribution in [3.63, 3.8) is 0 Å². The Morgan fingerprint density at radius 3 is 1.87 bits per heavy atom. The van der Waals surface area contributed by atoms with E-state index in [2.05, 4.69) is 175 Å². The van der Waals surface area contributed by atoms with Crippen LogP contribution in [0.4, 0.5) is 17.1 Å². The van der Waals surface area contributed by atoms with Gasteiger partial charge in [0.15, 0.2) is 0 Å². The number of furan rings is 1. The van der Waals surface area contributed by atoms with Crippen LogP contribution in [0.2, 0.25) is 0 Å². The Morgan fingerprint density at radius 1 is 0.426 bits per heavy atom. The highest BCUT2D eigenvalue weighted by Gasteiger charge is 2.17. The first-order chi connectivity index (χ1) is 26.7. The maximum atomic E-state index is 6.36. The highest BCUT2D eigenvalue weighted by Crippen LogP contribution is 2.44. The van der Waals surface area contributed by atoms with E-state index in [-0.39, 0.29) is 0 Å².